The van der Waals surface area contributed by atoms with E-state index in [0.29, 0.717) is 16.7 Å². The van der Waals surface area contributed by atoms with Crippen LogP contribution in [-0.4, -0.2) is 15.5 Å². The van der Waals surface area contributed by atoms with Crippen molar-refractivity contribution in [2.45, 2.75) is 13.1 Å². The van der Waals surface area contributed by atoms with Gasteiger partial charge in [0.05, 0.1) is 6.33 Å². The van der Waals surface area contributed by atoms with Gasteiger partial charge in [-0.1, -0.05) is 30.3 Å². The standard InChI is InChI=1S/C19H14FN3O3/c20-14-7-3-1-5-12(14)9-21-16(24)10-23-11-22-17-13-6-2-4-8-15(13)26-18(17)19(23)25/h1-8,11H,9-10H2,(H,21,24). The molecule has 0 atom stereocenters. The van der Waals surface area contributed by atoms with Crippen LogP contribution < -0.4 is 10.9 Å². The number of aromatic nitrogens is 2. The number of rotatable bonds is 4. The topological polar surface area (TPSA) is 77.1 Å². The number of fused-ring (bicyclic) bond motifs is 3. The van der Waals surface area contributed by atoms with Gasteiger partial charge in [0.1, 0.15) is 23.5 Å². The Morgan fingerprint density at radius 3 is 2.77 bits per heavy atom. The van der Waals surface area contributed by atoms with Crippen molar-refractivity contribution >= 4 is 28.0 Å². The van der Waals surface area contributed by atoms with Crippen LogP contribution >= 0.6 is 0 Å². The lowest BCUT2D eigenvalue weighted by atomic mass is 10.2. The third-order valence-electron chi connectivity index (χ3n) is 4.10. The zero-order valence-electron chi connectivity index (χ0n) is 13.6. The summed E-state index contributed by atoms with van der Waals surface area (Å²) in [5.74, 6) is -0.817. The lowest BCUT2D eigenvalue weighted by Gasteiger charge is -2.07. The maximum absolute atomic E-state index is 13.6. The highest BCUT2D eigenvalue weighted by molar-refractivity contribution is 6.01. The van der Waals surface area contributed by atoms with E-state index in [-0.39, 0.29) is 18.7 Å². The summed E-state index contributed by atoms with van der Waals surface area (Å²) in [5, 5.41) is 3.34. The number of carbonyl (C=O) groups excluding carboxylic acids is 1. The molecule has 4 aromatic rings. The summed E-state index contributed by atoms with van der Waals surface area (Å²) < 4.78 is 20.3. The fourth-order valence-corrected chi connectivity index (χ4v) is 2.77. The second kappa shape index (κ2) is 6.44. The molecule has 0 aliphatic carbocycles. The highest BCUT2D eigenvalue weighted by atomic mass is 19.1. The molecule has 0 bridgehead atoms. The van der Waals surface area contributed by atoms with E-state index in [1.807, 2.05) is 12.1 Å². The van der Waals surface area contributed by atoms with Crippen LogP contribution in [0.2, 0.25) is 0 Å². The quantitative estimate of drug-likeness (QED) is 0.613. The maximum Gasteiger partial charge on any atom is 0.297 e. The molecule has 130 valence electrons. The lowest BCUT2D eigenvalue weighted by molar-refractivity contribution is -0.121. The molecule has 0 aliphatic rings. The van der Waals surface area contributed by atoms with Gasteiger partial charge in [-0.05, 0) is 18.2 Å². The summed E-state index contributed by atoms with van der Waals surface area (Å²) in [4.78, 5) is 28.9. The van der Waals surface area contributed by atoms with Crippen LogP contribution in [-0.2, 0) is 17.9 Å². The Hall–Kier alpha value is -3.48. The Bertz CT molecular complexity index is 1180. The monoisotopic (exact) mass is 351 g/mol. The van der Waals surface area contributed by atoms with Gasteiger partial charge >= 0.3 is 0 Å². The third kappa shape index (κ3) is 2.83. The molecule has 26 heavy (non-hydrogen) atoms. The molecule has 0 saturated carbocycles. The number of furan rings is 1. The van der Waals surface area contributed by atoms with Gasteiger partial charge in [-0.25, -0.2) is 9.37 Å². The zero-order valence-corrected chi connectivity index (χ0v) is 13.6. The second-order valence-electron chi connectivity index (χ2n) is 5.82. The first-order chi connectivity index (χ1) is 12.6. The number of para-hydroxylation sites is 1. The predicted molar refractivity (Wildman–Crippen MR) is 94.0 cm³/mol. The maximum atomic E-state index is 13.6. The second-order valence-corrected chi connectivity index (χ2v) is 5.82. The molecule has 4 rings (SSSR count). The van der Waals surface area contributed by atoms with Crippen LogP contribution in [0, 0.1) is 5.82 Å². The van der Waals surface area contributed by atoms with Gasteiger partial charge in [-0.3, -0.25) is 14.2 Å². The number of halogens is 1. The van der Waals surface area contributed by atoms with Crippen molar-refractivity contribution in [2.24, 2.45) is 0 Å². The van der Waals surface area contributed by atoms with E-state index in [0.717, 1.165) is 5.39 Å². The predicted octanol–water partition coefficient (Wildman–Crippen LogP) is 2.60. The molecule has 2 aromatic heterocycles. The van der Waals surface area contributed by atoms with Crippen molar-refractivity contribution in [1.29, 1.82) is 0 Å². The van der Waals surface area contributed by atoms with Gasteiger partial charge in [0.25, 0.3) is 5.56 Å². The molecule has 1 N–H and O–H groups in total. The lowest BCUT2D eigenvalue weighted by Crippen LogP contribution is -2.32. The largest absolute Gasteiger partial charge is 0.448 e. The van der Waals surface area contributed by atoms with E-state index >= 15 is 0 Å². The van der Waals surface area contributed by atoms with Crippen LogP contribution in [0.25, 0.3) is 22.1 Å². The highest BCUT2D eigenvalue weighted by Gasteiger charge is 2.14. The Labute approximate surface area is 146 Å². The first kappa shape index (κ1) is 16.0. The summed E-state index contributed by atoms with van der Waals surface area (Å²) in [7, 11) is 0. The van der Waals surface area contributed by atoms with E-state index in [9.17, 15) is 14.0 Å². The normalized spacial score (nSPS) is 11.1. The molecule has 2 heterocycles. The summed E-state index contributed by atoms with van der Waals surface area (Å²) in [6, 6.07) is 13.4. The van der Waals surface area contributed by atoms with Crippen LogP contribution in [0.1, 0.15) is 5.56 Å². The molecule has 1 amide bonds. The number of amides is 1. The molecule has 0 unspecified atom stereocenters. The molecule has 2 aromatic carbocycles. The SMILES string of the molecule is O=C(Cn1cnc2c(oc3ccccc32)c1=O)NCc1ccccc1F. The number of nitrogens with zero attached hydrogens (tertiary/aromatic N) is 2. The van der Waals surface area contributed by atoms with Crippen molar-refractivity contribution in [2.75, 3.05) is 0 Å². The zero-order chi connectivity index (χ0) is 18.1. The molecule has 0 aliphatic heterocycles. The molecular formula is C19H14FN3O3. The van der Waals surface area contributed by atoms with E-state index in [2.05, 4.69) is 10.3 Å². The summed E-state index contributed by atoms with van der Waals surface area (Å²) in [6.07, 6.45) is 1.31. The Balaban J connectivity index is 1.56. The smallest absolute Gasteiger partial charge is 0.297 e. The number of nitrogens with one attached hydrogen (secondary N) is 1. The van der Waals surface area contributed by atoms with E-state index in [1.165, 1.54) is 17.0 Å². The molecule has 7 heteroatoms. The van der Waals surface area contributed by atoms with Crippen LogP contribution in [0.4, 0.5) is 4.39 Å². The van der Waals surface area contributed by atoms with Gasteiger partial charge in [0.2, 0.25) is 11.5 Å². The fourth-order valence-electron chi connectivity index (χ4n) is 2.77. The summed E-state index contributed by atoms with van der Waals surface area (Å²) >= 11 is 0. The Kier molecular flexibility index (Phi) is 3.96. The fraction of sp³-hybridized carbons (Fsp3) is 0.105. The van der Waals surface area contributed by atoms with Crippen LogP contribution in [0.3, 0.4) is 0 Å². The molecule has 0 fully saturated rings. The van der Waals surface area contributed by atoms with Gasteiger partial charge in [-0.15, -0.1) is 0 Å². The molecule has 0 radical (unpaired) electrons. The average molecular weight is 351 g/mol. The van der Waals surface area contributed by atoms with Crippen molar-refractivity contribution in [3.8, 4) is 0 Å². The number of hydrogen-bond donors (Lipinski definition) is 1. The van der Waals surface area contributed by atoms with E-state index < -0.39 is 17.3 Å². The van der Waals surface area contributed by atoms with Gasteiger partial charge in [-0.2, -0.15) is 0 Å². The minimum Gasteiger partial charge on any atom is -0.448 e. The van der Waals surface area contributed by atoms with E-state index in [4.69, 9.17) is 4.42 Å². The van der Waals surface area contributed by atoms with E-state index in [1.54, 1.807) is 30.3 Å². The van der Waals surface area contributed by atoms with Crippen molar-refractivity contribution in [3.05, 3.63) is 76.6 Å². The van der Waals surface area contributed by atoms with Gasteiger partial charge in [0, 0.05) is 17.5 Å². The van der Waals surface area contributed by atoms with Crippen LogP contribution in [0.15, 0.2) is 64.1 Å². The Morgan fingerprint density at radius 2 is 1.92 bits per heavy atom. The molecule has 0 spiro atoms. The van der Waals surface area contributed by atoms with Crippen molar-refractivity contribution < 1.29 is 13.6 Å². The third-order valence-corrected chi connectivity index (χ3v) is 4.10. The van der Waals surface area contributed by atoms with Gasteiger partial charge in [0.15, 0.2) is 0 Å². The van der Waals surface area contributed by atoms with Crippen molar-refractivity contribution in [3.63, 3.8) is 0 Å². The number of carbonyl (C=O) groups is 1. The number of hydrogen-bond acceptors (Lipinski definition) is 4. The molecule has 6 nitrogen and oxygen atoms in total. The van der Waals surface area contributed by atoms with Crippen molar-refractivity contribution in [1.82, 2.24) is 14.9 Å². The molecular weight excluding hydrogens is 337 g/mol. The first-order valence-electron chi connectivity index (χ1n) is 8.00. The van der Waals surface area contributed by atoms with Crippen LogP contribution in [0.5, 0.6) is 0 Å². The Morgan fingerprint density at radius 1 is 1.15 bits per heavy atom. The summed E-state index contributed by atoms with van der Waals surface area (Å²) in [5.41, 5.74) is 1.07. The average Bonchev–Trinajstić information content (AvgIpc) is 3.03. The first-order valence-corrected chi connectivity index (χ1v) is 8.00. The molecule has 0 saturated heterocycles. The van der Waals surface area contributed by atoms with Gasteiger partial charge < -0.3 is 9.73 Å². The number of benzene rings is 2. The minimum atomic E-state index is -0.438. The minimum absolute atomic E-state index is 0.0422. The highest BCUT2D eigenvalue weighted by Crippen LogP contribution is 2.23. The summed E-state index contributed by atoms with van der Waals surface area (Å²) in [6.45, 7) is -0.187.